The third-order valence-corrected chi connectivity index (χ3v) is 2.20. The van der Waals surface area contributed by atoms with E-state index in [1.165, 1.54) is 0 Å². The highest BCUT2D eigenvalue weighted by Gasteiger charge is 2.17. The van der Waals surface area contributed by atoms with E-state index in [-0.39, 0.29) is 18.9 Å². The molecule has 0 aromatic rings. The molecule has 0 rings (SSSR count). The van der Waals surface area contributed by atoms with Gasteiger partial charge in [0.1, 0.15) is 6.04 Å². The van der Waals surface area contributed by atoms with Gasteiger partial charge in [-0.15, -0.1) is 0 Å². The maximum absolute atomic E-state index is 11.0. The topological polar surface area (TPSA) is 131 Å². The van der Waals surface area contributed by atoms with Crippen LogP contribution in [0.25, 0.3) is 0 Å². The lowest BCUT2D eigenvalue weighted by molar-refractivity contribution is -0.141. The molecule has 0 aliphatic rings. The summed E-state index contributed by atoms with van der Waals surface area (Å²) in [6.45, 7) is 6.75. The zero-order valence-corrected chi connectivity index (χ0v) is 10.9. The zero-order valence-electron chi connectivity index (χ0n) is 10.9. The van der Waals surface area contributed by atoms with Gasteiger partial charge in [-0.1, -0.05) is 13.2 Å². The van der Waals surface area contributed by atoms with E-state index in [2.05, 4.69) is 29.1 Å². The number of amides is 2. The molecule has 0 aromatic carbocycles. The second-order valence-electron chi connectivity index (χ2n) is 3.74. The van der Waals surface area contributed by atoms with Gasteiger partial charge in [-0.2, -0.15) is 0 Å². The lowest BCUT2D eigenvalue weighted by Gasteiger charge is -2.13. The number of rotatable bonds is 8. The molecule has 1 unspecified atom stereocenters. The van der Waals surface area contributed by atoms with Crippen LogP contribution in [0.3, 0.4) is 0 Å². The van der Waals surface area contributed by atoms with Crippen molar-refractivity contribution in [2.24, 2.45) is 0 Å². The van der Waals surface area contributed by atoms with Crippen LogP contribution in [0, 0.1) is 5.41 Å². The number of carbonyl (C=O) groups excluding carboxylic acids is 2. The van der Waals surface area contributed by atoms with Gasteiger partial charge in [-0.05, 0) is 25.0 Å². The molecule has 0 aliphatic heterocycles. The fourth-order valence-corrected chi connectivity index (χ4v) is 1.23. The molecule has 0 saturated heterocycles. The Morgan fingerprint density at radius 3 is 2.30 bits per heavy atom. The van der Waals surface area contributed by atoms with Crippen LogP contribution in [-0.2, 0) is 14.4 Å². The van der Waals surface area contributed by atoms with Crippen LogP contribution in [0.1, 0.15) is 12.8 Å². The molecule has 0 bridgehead atoms. The predicted molar refractivity (Wildman–Crippen MR) is 73.1 cm³/mol. The van der Waals surface area contributed by atoms with Gasteiger partial charge in [0, 0.05) is 6.54 Å². The first-order valence-corrected chi connectivity index (χ1v) is 5.82. The summed E-state index contributed by atoms with van der Waals surface area (Å²) in [6.07, 6.45) is 2.60. The monoisotopic (exact) mass is 282 g/mol. The van der Waals surface area contributed by atoms with Crippen molar-refractivity contribution in [3.63, 3.8) is 0 Å². The number of carboxylic acids is 1. The van der Waals surface area contributed by atoms with Crippen LogP contribution in [0.4, 0.5) is 0 Å². The fourth-order valence-electron chi connectivity index (χ4n) is 1.23. The first-order chi connectivity index (χ1) is 9.40. The third kappa shape index (κ3) is 7.64. The Balaban J connectivity index is 4.00. The van der Waals surface area contributed by atoms with Crippen molar-refractivity contribution in [3.05, 3.63) is 25.3 Å². The number of hydrogen-bond donors (Lipinski definition) is 5. The van der Waals surface area contributed by atoms with Gasteiger partial charge in [0.25, 0.3) is 0 Å². The Morgan fingerprint density at radius 2 is 1.80 bits per heavy atom. The second kappa shape index (κ2) is 9.31. The van der Waals surface area contributed by atoms with Crippen LogP contribution in [0.2, 0.25) is 0 Å². The Kier molecular flexibility index (Phi) is 8.08. The summed E-state index contributed by atoms with van der Waals surface area (Å²) < 4.78 is 0. The van der Waals surface area contributed by atoms with Crippen LogP contribution in [0.5, 0.6) is 0 Å². The lowest BCUT2D eigenvalue weighted by atomic mass is 10.1. The highest BCUT2D eigenvalue weighted by Crippen LogP contribution is 1.97. The van der Waals surface area contributed by atoms with Gasteiger partial charge < -0.3 is 15.7 Å². The van der Waals surface area contributed by atoms with Crippen LogP contribution >= 0.6 is 0 Å². The minimum absolute atomic E-state index is 0.185. The maximum atomic E-state index is 11.0. The number of carboxylic acid groups (broad SMARTS) is 1. The minimum Gasteiger partial charge on any atom is -0.480 e. The van der Waals surface area contributed by atoms with Gasteiger partial charge in [0.15, 0.2) is 5.96 Å². The Bertz CT molecular complexity index is 420. The summed E-state index contributed by atoms with van der Waals surface area (Å²) in [7, 11) is 0. The van der Waals surface area contributed by atoms with E-state index in [4.69, 9.17) is 10.5 Å². The predicted octanol–water partition coefficient (Wildman–Crippen LogP) is -0.651. The molecular formula is C12H18N4O4. The van der Waals surface area contributed by atoms with Gasteiger partial charge >= 0.3 is 5.97 Å². The van der Waals surface area contributed by atoms with E-state index in [0.717, 1.165) is 12.2 Å². The van der Waals surface area contributed by atoms with Crippen molar-refractivity contribution in [1.29, 1.82) is 5.41 Å². The van der Waals surface area contributed by atoms with Crippen molar-refractivity contribution < 1.29 is 19.5 Å². The summed E-state index contributed by atoms with van der Waals surface area (Å²) in [6, 6.07) is -1.01. The standard InChI is InChI=1S/C12H18N4O4/c1-3-9(17)15-8(11(19)20)6-5-7-14-12(13)16-10(18)4-2/h3-4,8H,1-2,5-7H2,(H,15,17)(H,19,20)(H3,13,14,16,18). The summed E-state index contributed by atoms with van der Waals surface area (Å²) in [5.41, 5.74) is 0. The highest BCUT2D eigenvalue weighted by atomic mass is 16.4. The van der Waals surface area contributed by atoms with Gasteiger partial charge in [-0.3, -0.25) is 20.3 Å². The van der Waals surface area contributed by atoms with Crippen molar-refractivity contribution in [2.45, 2.75) is 18.9 Å². The summed E-state index contributed by atoms with van der Waals surface area (Å²) >= 11 is 0. The highest BCUT2D eigenvalue weighted by molar-refractivity contribution is 6.00. The Hall–Kier alpha value is -2.64. The number of guanidine groups is 1. The first-order valence-electron chi connectivity index (χ1n) is 5.82. The number of aliphatic carboxylic acids is 1. The Morgan fingerprint density at radius 1 is 1.20 bits per heavy atom. The smallest absolute Gasteiger partial charge is 0.326 e. The largest absolute Gasteiger partial charge is 0.480 e. The summed E-state index contributed by atoms with van der Waals surface area (Å²) in [5.74, 6) is -2.41. The van der Waals surface area contributed by atoms with E-state index >= 15 is 0 Å². The molecule has 2 amide bonds. The van der Waals surface area contributed by atoms with Crippen LogP contribution in [0.15, 0.2) is 25.3 Å². The molecule has 0 saturated carbocycles. The summed E-state index contributed by atoms with van der Waals surface area (Å²) in [4.78, 5) is 32.8. The molecule has 5 N–H and O–H groups in total. The maximum Gasteiger partial charge on any atom is 0.326 e. The quantitative estimate of drug-likeness (QED) is 0.175. The zero-order chi connectivity index (χ0) is 15.5. The van der Waals surface area contributed by atoms with Gasteiger partial charge in [0.2, 0.25) is 11.8 Å². The molecular weight excluding hydrogens is 264 g/mol. The molecule has 8 heteroatoms. The summed E-state index contributed by atoms with van der Waals surface area (Å²) in [5, 5.41) is 23.3. The number of hydrogen-bond acceptors (Lipinski definition) is 4. The molecule has 0 radical (unpaired) electrons. The van der Waals surface area contributed by atoms with Crippen molar-refractivity contribution in [1.82, 2.24) is 16.0 Å². The molecule has 110 valence electrons. The average Bonchev–Trinajstić information content (AvgIpc) is 2.41. The minimum atomic E-state index is -1.14. The van der Waals surface area contributed by atoms with Crippen molar-refractivity contribution >= 4 is 23.7 Å². The molecule has 8 nitrogen and oxygen atoms in total. The Labute approximate surface area is 116 Å². The molecule has 0 spiro atoms. The van der Waals surface area contributed by atoms with E-state index in [1.807, 2.05) is 0 Å². The molecule has 0 aliphatic carbocycles. The van der Waals surface area contributed by atoms with E-state index in [9.17, 15) is 14.4 Å². The van der Waals surface area contributed by atoms with E-state index in [0.29, 0.717) is 6.42 Å². The molecule has 0 fully saturated rings. The van der Waals surface area contributed by atoms with E-state index < -0.39 is 23.8 Å². The molecule has 0 aromatic heterocycles. The fraction of sp³-hybridized carbons (Fsp3) is 0.333. The van der Waals surface area contributed by atoms with Crippen LogP contribution in [-0.4, -0.2) is 41.4 Å². The van der Waals surface area contributed by atoms with Gasteiger partial charge in [-0.25, -0.2) is 4.79 Å². The average molecular weight is 282 g/mol. The molecule has 0 heterocycles. The SMILES string of the molecule is C=CC(=O)NC(=N)NCCCC(NC(=O)C=C)C(=O)O. The molecule has 1 atom stereocenters. The van der Waals surface area contributed by atoms with Gasteiger partial charge in [0.05, 0.1) is 0 Å². The second-order valence-corrected chi connectivity index (χ2v) is 3.74. The first kappa shape index (κ1) is 17.4. The van der Waals surface area contributed by atoms with Crippen molar-refractivity contribution in [3.8, 4) is 0 Å². The van der Waals surface area contributed by atoms with E-state index in [1.54, 1.807) is 0 Å². The van der Waals surface area contributed by atoms with Crippen LogP contribution < -0.4 is 16.0 Å². The molecule has 20 heavy (non-hydrogen) atoms. The normalized spacial score (nSPS) is 10.8. The third-order valence-electron chi connectivity index (χ3n) is 2.20. The lowest BCUT2D eigenvalue weighted by Crippen LogP contribution is -2.42. The number of nitrogens with one attached hydrogen (secondary N) is 4. The number of carbonyl (C=O) groups is 3. The van der Waals surface area contributed by atoms with Crippen molar-refractivity contribution in [2.75, 3.05) is 6.54 Å².